The Morgan fingerprint density at radius 1 is 1.42 bits per heavy atom. The summed E-state index contributed by atoms with van der Waals surface area (Å²) in [6, 6.07) is -0.934. The molecule has 0 amide bonds. The van der Waals surface area contributed by atoms with Crippen LogP contribution in [0.5, 0.6) is 0 Å². The molecule has 0 aromatic carbocycles. The zero-order chi connectivity index (χ0) is 9.30. The fraction of sp³-hybridized carbons (Fsp3) is 1.00. The topological polar surface area (TPSA) is 116 Å². The monoisotopic (exact) mass is 179 g/mol. The van der Waals surface area contributed by atoms with Gasteiger partial charge in [-0.15, -0.1) is 0 Å². The van der Waals surface area contributed by atoms with E-state index in [1.165, 1.54) is 0 Å². The number of aliphatic hydroxyl groups excluding tert-OH is 4. The van der Waals surface area contributed by atoms with Crippen molar-refractivity contribution in [2.45, 2.75) is 30.6 Å². The van der Waals surface area contributed by atoms with Crippen molar-refractivity contribution in [1.82, 2.24) is 0 Å². The van der Waals surface area contributed by atoms with Crippen LogP contribution in [0.15, 0.2) is 0 Å². The van der Waals surface area contributed by atoms with E-state index < -0.39 is 37.3 Å². The smallest absolute Gasteiger partial charge is 0.173 e. The van der Waals surface area contributed by atoms with Crippen LogP contribution in [-0.4, -0.2) is 57.7 Å². The van der Waals surface area contributed by atoms with E-state index in [0.717, 1.165) is 0 Å². The highest BCUT2D eigenvalue weighted by atomic mass is 16.6. The Balaban J connectivity index is 2.58. The summed E-state index contributed by atoms with van der Waals surface area (Å²) in [6.45, 7) is -0.541. The number of aliphatic hydroxyl groups is 4. The van der Waals surface area contributed by atoms with Crippen LogP contribution in [0.2, 0.25) is 0 Å². The minimum Gasteiger partial charge on any atom is -0.394 e. The molecule has 0 aliphatic carbocycles. The Morgan fingerprint density at radius 2 is 2.00 bits per heavy atom. The van der Waals surface area contributed by atoms with Crippen LogP contribution in [0.1, 0.15) is 0 Å². The molecule has 12 heavy (non-hydrogen) atoms. The second-order valence-electron chi connectivity index (χ2n) is 2.81. The van der Waals surface area contributed by atoms with Crippen LogP contribution in [-0.2, 0) is 4.74 Å². The van der Waals surface area contributed by atoms with Gasteiger partial charge in [0, 0.05) is 0 Å². The van der Waals surface area contributed by atoms with Crippen LogP contribution in [0, 0.1) is 0 Å². The van der Waals surface area contributed by atoms with Gasteiger partial charge in [0.05, 0.1) is 12.6 Å². The van der Waals surface area contributed by atoms with Gasteiger partial charge >= 0.3 is 0 Å². The molecule has 1 saturated heterocycles. The molecule has 0 spiro atoms. The highest BCUT2D eigenvalue weighted by Crippen LogP contribution is 2.20. The lowest BCUT2D eigenvalue weighted by Gasteiger charge is -2.18. The number of ether oxygens (including phenoxy) is 1. The molecule has 6 nitrogen and oxygen atoms in total. The molecule has 0 bridgehead atoms. The maximum absolute atomic E-state index is 9.25. The zero-order valence-corrected chi connectivity index (χ0v) is 6.37. The normalized spacial score (nSPS) is 44.8. The van der Waals surface area contributed by atoms with E-state index in [4.69, 9.17) is 25.8 Å². The Hall–Kier alpha value is -0.240. The molecule has 72 valence electrons. The van der Waals surface area contributed by atoms with Crippen LogP contribution in [0.3, 0.4) is 0 Å². The van der Waals surface area contributed by atoms with Gasteiger partial charge in [-0.25, -0.2) is 0 Å². The Morgan fingerprint density at radius 3 is 2.33 bits per heavy atom. The lowest BCUT2D eigenvalue weighted by atomic mass is 10.1. The maximum atomic E-state index is 9.25. The average molecular weight is 179 g/mol. The van der Waals surface area contributed by atoms with E-state index in [9.17, 15) is 5.11 Å². The summed E-state index contributed by atoms with van der Waals surface area (Å²) >= 11 is 0. The van der Waals surface area contributed by atoms with Crippen molar-refractivity contribution in [2.75, 3.05) is 6.61 Å². The highest BCUT2D eigenvalue weighted by Gasteiger charge is 2.43. The molecule has 1 heterocycles. The number of nitrogens with two attached hydrogens (primary N) is 1. The van der Waals surface area contributed by atoms with E-state index in [1.54, 1.807) is 0 Å². The molecule has 6 heteroatoms. The molecule has 0 unspecified atom stereocenters. The largest absolute Gasteiger partial charge is 0.394 e. The van der Waals surface area contributed by atoms with E-state index >= 15 is 0 Å². The van der Waals surface area contributed by atoms with Crippen molar-refractivity contribution < 1.29 is 25.2 Å². The Bertz CT molecular complexity index is 155. The number of hydrogen-bond acceptors (Lipinski definition) is 6. The van der Waals surface area contributed by atoms with Gasteiger partial charge in [0.25, 0.3) is 0 Å². The van der Waals surface area contributed by atoms with Crippen molar-refractivity contribution in [2.24, 2.45) is 5.73 Å². The summed E-state index contributed by atoms with van der Waals surface area (Å²) in [5.41, 5.74) is 5.29. The summed E-state index contributed by atoms with van der Waals surface area (Å²) in [5, 5.41) is 35.8. The first-order valence-corrected chi connectivity index (χ1v) is 3.64. The number of rotatable bonds is 2. The summed E-state index contributed by atoms with van der Waals surface area (Å²) < 4.78 is 4.71. The fourth-order valence-corrected chi connectivity index (χ4v) is 1.14. The van der Waals surface area contributed by atoms with Crippen molar-refractivity contribution >= 4 is 0 Å². The lowest BCUT2D eigenvalue weighted by molar-refractivity contribution is -0.138. The second kappa shape index (κ2) is 3.65. The molecule has 1 rings (SSSR count). The first kappa shape index (κ1) is 9.85. The molecule has 1 aliphatic rings. The van der Waals surface area contributed by atoms with Crippen LogP contribution in [0.25, 0.3) is 0 Å². The van der Waals surface area contributed by atoms with Gasteiger partial charge in [0.2, 0.25) is 0 Å². The van der Waals surface area contributed by atoms with Gasteiger partial charge in [-0.3, -0.25) is 0 Å². The van der Waals surface area contributed by atoms with Gasteiger partial charge < -0.3 is 30.9 Å². The zero-order valence-electron chi connectivity index (χ0n) is 6.37. The van der Waals surface area contributed by atoms with Crippen LogP contribution < -0.4 is 5.73 Å². The van der Waals surface area contributed by atoms with Crippen molar-refractivity contribution in [1.29, 1.82) is 0 Å². The van der Waals surface area contributed by atoms with Gasteiger partial charge in [-0.05, 0) is 0 Å². The van der Waals surface area contributed by atoms with Gasteiger partial charge in [0.1, 0.15) is 18.3 Å². The molecule has 0 aromatic heterocycles. The van der Waals surface area contributed by atoms with E-state index in [-0.39, 0.29) is 0 Å². The molecular weight excluding hydrogens is 166 g/mol. The third-order valence-corrected chi connectivity index (χ3v) is 1.92. The summed E-state index contributed by atoms with van der Waals surface area (Å²) in [5.74, 6) is 0. The van der Waals surface area contributed by atoms with E-state index in [0.29, 0.717) is 0 Å². The molecule has 5 atom stereocenters. The van der Waals surface area contributed by atoms with Crippen molar-refractivity contribution in [3.8, 4) is 0 Å². The van der Waals surface area contributed by atoms with E-state index in [2.05, 4.69) is 0 Å². The first-order chi connectivity index (χ1) is 5.57. The third-order valence-electron chi connectivity index (χ3n) is 1.92. The molecule has 0 saturated carbocycles. The molecule has 0 radical (unpaired) electrons. The SMILES string of the molecule is N[C@@H]1[C@@H](O)[C@@H]([C@H](O)CO)O[C@H]1O. The Kier molecular flexibility index (Phi) is 2.99. The van der Waals surface area contributed by atoms with Gasteiger partial charge in [-0.1, -0.05) is 0 Å². The predicted octanol–water partition coefficient (Wildman–Crippen LogP) is -3.26. The third kappa shape index (κ3) is 1.58. The van der Waals surface area contributed by atoms with Crippen molar-refractivity contribution in [3.05, 3.63) is 0 Å². The highest BCUT2D eigenvalue weighted by molar-refractivity contribution is 4.92. The first-order valence-electron chi connectivity index (χ1n) is 3.64. The van der Waals surface area contributed by atoms with Crippen LogP contribution >= 0.6 is 0 Å². The standard InChI is InChI=1S/C6H13NO5/c7-3-4(10)5(2(9)1-8)12-6(3)11/h2-6,8-11H,1,7H2/t2-,3-,4-,5-,6-/m1/s1. The van der Waals surface area contributed by atoms with Crippen LogP contribution in [0.4, 0.5) is 0 Å². The molecular formula is C6H13NO5. The average Bonchev–Trinajstić information content (AvgIpc) is 2.32. The lowest BCUT2D eigenvalue weighted by Crippen LogP contribution is -2.44. The quantitative estimate of drug-likeness (QED) is 0.304. The number of hydrogen-bond donors (Lipinski definition) is 5. The predicted molar refractivity (Wildman–Crippen MR) is 38.0 cm³/mol. The molecule has 6 N–H and O–H groups in total. The summed E-state index contributed by atoms with van der Waals surface area (Å²) in [4.78, 5) is 0. The van der Waals surface area contributed by atoms with Gasteiger partial charge in [-0.2, -0.15) is 0 Å². The minimum atomic E-state index is -1.29. The maximum Gasteiger partial charge on any atom is 0.173 e. The van der Waals surface area contributed by atoms with Crippen molar-refractivity contribution in [3.63, 3.8) is 0 Å². The fourth-order valence-electron chi connectivity index (χ4n) is 1.14. The summed E-state index contributed by atoms with van der Waals surface area (Å²) in [7, 11) is 0. The second-order valence-corrected chi connectivity index (χ2v) is 2.81. The summed E-state index contributed by atoms with van der Waals surface area (Å²) in [6.07, 6.45) is -4.67. The Labute approximate surface area is 69.2 Å². The van der Waals surface area contributed by atoms with Gasteiger partial charge in [0.15, 0.2) is 6.29 Å². The molecule has 1 aliphatic heterocycles. The molecule has 1 fully saturated rings. The molecule has 0 aromatic rings. The van der Waals surface area contributed by atoms with E-state index in [1.807, 2.05) is 0 Å². The minimum absolute atomic E-state index is 0.541.